The van der Waals surface area contributed by atoms with Crippen LogP contribution in [0.5, 0.6) is 5.75 Å². The number of ether oxygens (including phenoxy) is 1. The summed E-state index contributed by atoms with van der Waals surface area (Å²) < 4.78 is 32.4. The maximum Gasteiger partial charge on any atom is 0.262 e. The summed E-state index contributed by atoms with van der Waals surface area (Å²) >= 11 is 5.85. The maximum atomic E-state index is 12.3. The number of imidazole rings is 1. The number of fused-ring (bicyclic) bond motifs is 1. The molecule has 1 fully saturated rings. The maximum absolute atomic E-state index is 12.3. The Bertz CT molecular complexity index is 1250. The Labute approximate surface area is 197 Å². The van der Waals surface area contributed by atoms with Crippen molar-refractivity contribution < 1.29 is 17.9 Å². The van der Waals surface area contributed by atoms with Gasteiger partial charge in [-0.1, -0.05) is 11.6 Å². The second-order valence-corrected chi connectivity index (χ2v) is 10.4. The van der Waals surface area contributed by atoms with Gasteiger partial charge in [0, 0.05) is 43.9 Å². The van der Waals surface area contributed by atoms with E-state index in [1.165, 1.54) is 10.6 Å². The minimum atomic E-state index is -3.15. The van der Waals surface area contributed by atoms with Crippen molar-refractivity contribution in [3.63, 3.8) is 0 Å². The van der Waals surface area contributed by atoms with Crippen molar-refractivity contribution in [1.29, 1.82) is 0 Å². The first-order valence-electron chi connectivity index (χ1n) is 10.5. The summed E-state index contributed by atoms with van der Waals surface area (Å²) in [5, 5.41) is 3.44. The van der Waals surface area contributed by atoms with Gasteiger partial charge in [-0.05, 0) is 42.5 Å². The number of nitrogens with one attached hydrogen (secondary N) is 1. The molecule has 0 spiro atoms. The number of hydrogen-bond acceptors (Lipinski definition) is 6. The first-order chi connectivity index (χ1) is 15.7. The number of sulfonamides is 1. The number of hydrogen-bond donors (Lipinski definition) is 1. The van der Waals surface area contributed by atoms with E-state index in [-0.39, 0.29) is 12.5 Å². The van der Waals surface area contributed by atoms with Crippen LogP contribution in [0, 0.1) is 0 Å². The van der Waals surface area contributed by atoms with E-state index in [0.29, 0.717) is 49.2 Å². The van der Waals surface area contributed by atoms with Crippen molar-refractivity contribution in [3.05, 3.63) is 53.3 Å². The van der Waals surface area contributed by atoms with Gasteiger partial charge in [0.2, 0.25) is 10.0 Å². The van der Waals surface area contributed by atoms with Gasteiger partial charge in [0.25, 0.3) is 5.91 Å². The van der Waals surface area contributed by atoms with Crippen molar-refractivity contribution in [1.82, 2.24) is 18.8 Å². The zero-order valence-electron chi connectivity index (χ0n) is 18.5. The zero-order chi connectivity index (χ0) is 23.6. The van der Waals surface area contributed by atoms with Crippen LogP contribution >= 0.6 is 11.6 Å². The van der Waals surface area contributed by atoms with Gasteiger partial charge in [-0.25, -0.2) is 13.4 Å². The van der Waals surface area contributed by atoms with Crippen LogP contribution in [0.2, 0.25) is 5.02 Å². The molecule has 9 nitrogen and oxygen atoms in total. The number of aromatic nitrogens is 2. The van der Waals surface area contributed by atoms with E-state index in [1.807, 2.05) is 29.8 Å². The van der Waals surface area contributed by atoms with Gasteiger partial charge in [-0.3, -0.25) is 9.69 Å². The average molecular weight is 492 g/mol. The number of carbonyl (C=O) groups excluding carboxylic acids is 1. The standard InChI is InChI=1S/C22H26ClN5O4S/c1-26-20-8-5-17(24-22(29)15-32-18-6-3-16(23)4-7-18)13-19(20)25-21(26)14-27-9-11-28(12-10-27)33(2,30)31/h3-8,13H,9-12,14-15H2,1-2H3,(H,24,29). The predicted octanol–water partition coefficient (Wildman–Crippen LogP) is 2.32. The van der Waals surface area contributed by atoms with E-state index < -0.39 is 10.0 Å². The van der Waals surface area contributed by atoms with Gasteiger partial charge < -0.3 is 14.6 Å². The molecule has 33 heavy (non-hydrogen) atoms. The second kappa shape index (κ2) is 9.68. The highest BCUT2D eigenvalue weighted by atomic mass is 35.5. The zero-order valence-corrected chi connectivity index (χ0v) is 20.1. The number of benzene rings is 2. The second-order valence-electron chi connectivity index (χ2n) is 8.02. The van der Waals surface area contributed by atoms with Crippen molar-refractivity contribution in [3.8, 4) is 5.75 Å². The molecular weight excluding hydrogens is 466 g/mol. The lowest BCUT2D eigenvalue weighted by atomic mass is 10.2. The van der Waals surface area contributed by atoms with Crippen molar-refractivity contribution in [2.24, 2.45) is 7.05 Å². The highest BCUT2D eigenvalue weighted by molar-refractivity contribution is 7.88. The Kier molecular flexibility index (Phi) is 6.89. The summed E-state index contributed by atoms with van der Waals surface area (Å²) in [5.74, 6) is 1.17. The molecule has 176 valence electrons. The van der Waals surface area contributed by atoms with Gasteiger partial charge in [0.15, 0.2) is 6.61 Å². The molecular formula is C22H26ClN5O4S. The van der Waals surface area contributed by atoms with Crippen LogP contribution in [0.4, 0.5) is 5.69 Å². The minimum absolute atomic E-state index is 0.118. The number of piperazine rings is 1. The first kappa shape index (κ1) is 23.5. The first-order valence-corrected chi connectivity index (χ1v) is 12.7. The number of anilines is 1. The summed E-state index contributed by atoms with van der Waals surface area (Å²) in [5.41, 5.74) is 2.37. The van der Waals surface area contributed by atoms with Gasteiger partial charge in [0.1, 0.15) is 11.6 Å². The summed E-state index contributed by atoms with van der Waals surface area (Å²) in [6.45, 7) is 2.79. The fourth-order valence-corrected chi connectivity index (χ4v) is 4.72. The molecule has 0 bridgehead atoms. The Morgan fingerprint density at radius 2 is 1.82 bits per heavy atom. The monoisotopic (exact) mass is 491 g/mol. The van der Waals surface area contributed by atoms with Crippen LogP contribution in [0.25, 0.3) is 11.0 Å². The largest absolute Gasteiger partial charge is 0.484 e. The summed E-state index contributed by atoms with van der Waals surface area (Å²) in [7, 11) is -1.20. The SMILES string of the molecule is Cn1c(CN2CCN(S(C)(=O)=O)CC2)nc2cc(NC(=O)COc3ccc(Cl)cc3)ccc21. The van der Waals surface area contributed by atoms with E-state index in [2.05, 4.69) is 10.2 Å². The highest BCUT2D eigenvalue weighted by Gasteiger charge is 2.24. The molecule has 1 saturated heterocycles. The molecule has 2 aromatic carbocycles. The van der Waals surface area contributed by atoms with Crippen LogP contribution in [0.3, 0.4) is 0 Å². The summed E-state index contributed by atoms with van der Waals surface area (Å²) in [6.07, 6.45) is 1.24. The predicted molar refractivity (Wildman–Crippen MR) is 128 cm³/mol. The summed E-state index contributed by atoms with van der Waals surface area (Å²) in [6, 6.07) is 12.4. The third kappa shape index (κ3) is 5.83. The van der Waals surface area contributed by atoms with E-state index in [9.17, 15) is 13.2 Å². The highest BCUT2D eigenvalue weighted by Crippen LogP contribution is 2.21. The van der Waals surface area contributed by atoms with E-state index >= 15 is 0 Å². The van der Waals surface area contributed by atoms with Gasteiger partial charge >= 0.3 is 0 Å². The number of carbonyl (C=O) groups is 1. The molecule has 3 aromatic rings. The molecule has 0 saturated carbocycles. The van der Waals surface area contributed by atoms with Crippen LogP contribution in [-0.4, -0.2) is 72.1 Å². The molecule has 0 aliphatic carbocycles. The Morgan fingerprint density at radius 1 is 1.12 bits per heavy atom. The fourth-order valence-electron chi connectivity index (χ4n) is 3.76. The molecule has 1 aromatic heterocycles. The van der Waals surface area contributed by atoms with Crippen molar-refractivity contribution in [2.45, 2.75) is 6.54 Å². The van der Waals surface area contributed by atoms with Crippen LogP contribution in [-0.2, 0) is 28.4 Å². The Balaban J connectivity index is 1.37. The Hall–Kier alpha value is -2.66. The number of amides is 1. The number of aryl methyl sites for hydroxylation is 1. The van der Waals surface area contributed by atoms with Gasteiger partial charge in [0.05, 0.1) is 23.8 Å². The van der Waals surface area contributed by atoms with E-state index in [4.69, 9.17) is 21.3 Å². The quantitative estimate of drug-likeness (QED) is 0.545. The van der Waals surface area contributed by atoms with E-state index in [0.717, 1.165) is 16.9 Å². The van der Waals surface area contributed by atoms with Crippen LogP contribution in [0.15, 0.2) is 42.5 Å². The van der Waals surface area contributed by atoms with Gasteiger partial charge in [-0.15, -0.1) is 0 Å². The van der Waals surface area contributed by atoms with E-state index in [1.54, 1.807) is 24.3 Å². The lowest BCUT2D eigenvalue weighted by Gasteiger charge is -2.32. The number of rotatable bonds is 7. The number of halogens is 1. The fraction of sp³-hybridized carbons (Fsp3) is 0.364. The lowest BCUT2D eigenvalue weighted by Crippen LogP contribution is -2.48. The van der Waals surface area contributed by atoms with Gasteiger partial charge in [-0.2, -0.15) is 4.31 Å². The third-order valence-electron chi connectivity index (χ3n) is 5.61. The van der Waals surface area contributed by atoms with Crippen LogP contribution in [0.1, 0.15) is 5.82 Å². The van der Waals surface area contributed by atoms with Crippen molar-refractivity contribution in [2.75, 3.05) is 44.4 Å². The number of nitrogens with zero attached hydrogens (tertiary/aromatic N) is 4. The smallest absolute Gasteiger partial charge is 0.262 e. The topological polar surface area (TPSA) is 96.8 Å². The Morgan fingerprint density at radius 3 is 2.48 bits per heavy atom. The van der Waals surface area contributed by atoms with Crippen LogP contribution < -0.4 is 10.1 Å². The minimum Gasteiger partial charge on any atom is -0.484 e. The molecule has 11 heteroatoms. The molecule has 4 rings (SSSR count). The molecule has 0 atom stereocenters. The normalized spacial score (nSPS) is 15.6. The molecule has 1 aliphatic rings. The summed E-state index contributed by atoms with van der Waals surface area (Å²) in [4.78, 5) is 19.2. The molecule has 1 amide bonds. The lowest BCUT2D eigenvalue weighted by molar-refractivity contribution is -0.118. The molecule has 1 aliphatic heterocycles. The molecule has 0 unspecified atom stereocenters. The molecule has 2 heterocycles. The average Bonchev–Trinajstić information content (AvgIpc) is 3.07. The third-order valence-corrected chi connectivity index (χ3v) is 7.16. The van der Waals surface area contributed by atoms with Crippen molar-refractivity contribution >= 4 is 44.3 Å². The molecule has 1 N–H and O–H groups in total. The molecule has 0 radical (unpaired) electrons.